The number of anilines is 1. The van der Waals surface area contributed by atoms with Gasteiger partial charge in [-0.15, -0.1) is 0 Å². The molecular weight excluding hydrogens is 295 g/mol. The molecule has 0 saturated carbocycles. The Hall–Kier alpha value is -2.27. The smallest absolute Gasteiger partial charge is 0.309 e. The van der Waals surface area contributed by atoms with Crippen LogP contribution < -0.4 is 16.2 Å². The number of hydrogen-bond donors (Lipinski definition) is 3. The lowest BCUT2D eigenvalue weighted by atomic mass is 10.1. The van der Waals surface area contributed by atoms with Gasteiger partial charge in [-0.1, -0.05) is 0 Å². The molecule has 0 aliphatic carbocycles. The molecule has 1 aromatic heterocycles. The fourth-order valence-electron chi connectivity index (χ4n) is 1.80. The van der Waals surface area contributed by atoms with E-state index in [2.05, 4.69) is 21.2 Å². The molecule has 1 amide bonds. The van der Waals surface area contributed by atoms with E-state index in [1.807, 2.05) is 0 Å². The summed E-state index contributed by atoms with van der Waals surface area (Å²) in [6.45, 7) is -0.0683. The van der Waals surface area contributed by atoms with Crippen molar-refractivity contribution in [2.45, 2.75) is 18.3 Å². The number of halogens is 3. The van der Waals surface area contributed by atoms with Gasteiger partial charge in [0.25, 0.3) is 11.9 Å². The lowest BCUT2D eigenvalue weighted by molar-refractivity contribution is -0.517. The Morgan fingerprint density at radius 3 is 2.86 bits per heavy atom. The SMILES string of the molecule is O=C(Nc1cc(C(F)(F)F)ccn1)C1NNCC1[N+](=O)[O-]. The van der Waals surface area contributed by atoms with Gasteiger partial charge in [0.15, 0.2) is 6.04 Å². The first-order valence-corrected chi connectivity index (χ1v) is 5.75. The van der Waals surface area contributed by atoms with Crippen LogP contribution >= 0.6 is 0 Å². The van der Waals surface area contributed by atoms with Gasteiger partial charge in [-0.25, -0.2) is 15.8 Å². The van der Waals surface area contributed by atoms with Crippen LogP contribution in [0.4, 0.5) is 19.0 Å². The number of hydrogen-bond acceptors (Lipinski definition) is 6. The van der Waals surface area contributed by atoms with Crippen molar-refractivity contribution in [3.63, 3.8) is 0 Å². The molecular formula is C10H10F3N5O3. The van der Waals surface area contributed by atoms with E-state index in [-0.39, 0.29) is 12.4 Å². The summed E-state index contributed by atoms with van der Waals surface area (Å²) in [6, 6.07) is -1.00. The van der Waals surface area contributed by atoms with Crippen molar-refractivity contribution < 1.29 is 22.9 Å². The molecule has 11 heteroatoms. The molecule has 0 aromatic carbocycles. The lowest BCUT2D eigenvalue weighted by Crippen LogP contribution is -2.46. The largest absolute Gasteiger partial charge is 0.416 e. The highest BCUT2D eigenvalue weighted by atomic mass is 19.4. The van der Waals surface area contributed by atoms with Crippen LogP contribution in [0.15, 0.2) is 18.3 Å². The monoisotopic (exact) mass is 305 g/mol. The van der Waals surface area contributed by atoms with Gasteiger partial charge in [-0.3, -0.25) is 14.9 Å². The van der Waals surface area contributed by atoms with Gasteiger partial charge in [0.1, 0.15) is 5.82 Å². The van der Waals surface area contributed by atoms with Crippen molar-refractivity contribution >= 4 is 11.7 Å². The van der Waals surface area contributed by atoms with Gasteiger partial charge in [-0.05, 0) is 12.1 Å². The van der Waals surface area contributed by atoms with Gasteiger partial charge in [0, 0.05) is 11.1 Å². The van der Waals surface area contributed by atoms with Crippen LogP contribution in [0.2, 0.25) is 0 Å². The fraction of sp³-hybridized carbons (Fsp3) is 0.400. The molecule has 2 heterocycles. The van der Waals surface area contributed by atoms with Crippen molar-refractivity contribution in [2.75, 3.05) is 11.9 Å². The number of aromatic nitrogens is 1. The number of rotatable bonds is 3. The van der Waals surface area contributed by atoms with Crippen LogP contribution in [0, 0.1) is 10.1 Å². The summed E-state index contributed by atoms with van der Waals surface area (Å²) in [5.41, 5.74) is 3.88. The number of carbonyl (C=O) groups is 1. The van der Waals surface area contributed by atoms with Crippen LogP contribution in [-0.4, -0.2) is 34.4 Å². The highest BCUT2D eigenvalue weighted by Gasteiger charge is 2.41. The number of hydrazine groups is 1. The highest BCUT2D eigenvalue weighted by molar-refractivity contribution is 5.94. The van der Waals surface area contributed by atoms with Gasteiger partial charge in [0.2, 0.25) is 0 Å². The zero-order valence-electron chi connectivity index (χ0n) is 10.3. The summed E-state index contributed by atoms with van der Waals surface area (Å²) in [7, 11) is 0. The second-order valence-corrected chi connectivity index (χ2v) is 4.27. The summed E-state index contributed by atoms with van der Waals surface area (Å²) < 4.78 is 37.6. The Bertz CT molecular complexity index is 565. The van der Waals surface area contributed by atoms with E-state index >= 15 is 0 Å². The number of nitrogens with one attached hydrogen (secondary N) is 3. The topological polar surface area (TPSA) is 109 Å². The first-order valence-electron chi connectivity index (χ1n) is 5.75. The first-order chi connectivity index (χ1) is 9.79. The maximum absolute atomic E-state index is 12.5. The van der Waals surface area contributed by atoms with Gasteiger partial charge < -0.3 is 5.32 Å². The van der Waals surface area contributed by atoms with Gasteiger partial charge in [-0.2, -0.15) is 13.2 Å². The maximum atomic E-state index is 12.5. The number of amides is 1. The normalized spacial score (nSPS) is 22.0. The van der Waals surface area contributed by atoms with Crippen LogP contribution in [0.3, 0.4) is 0 Å². The van der Waals surface area contributed by atoms with E-state index in [1.54, 1.807) is 0 Å². The van der Waals surface area contributed by atoms with E-state index in [9.17, 15) is 28.1 Å². The number of pyridine rings is 1. The molecule has 0 radical (unpaired) electrons. The van der Waals surface area contributed by atoms with Gasteiger partial charge in [0.05, 0.1) is 12.1 Å². The number of nitro groups is 1. The Balaban J connectivity index is 2.11. The molecule has 8 nitrogen and oxygen atoms in total. The van der Waals surface area contributed by atoms with E-state index in [4.69, 9.17) is 0 Å². The zero-order valence-corrected chi connectivity index (χ0v) is 10.3. The minimum absolute atomic E-state index is 0.0683. The summed E-state index contributed by atoms with van der Waals surface area (Å²) in [6.07, 6.45) is -3.68. The first kappa shape index (κ1) is 15.1. The van der Waals surface area contributed by atoms with Crippen LogP contribution in [0.25, 0.3) is 0 Å². The van der Waals surface area contributed by atoms with Crippen molar-refractivity contribution in [3.8, 4) is 0 Å². The Morgan fingerprint density at radius 2 is 2.24 bits per heavy atom. The lowest BCUT2D eigenvalue weighted by Gasteiger charge is -2.13. The van der Waals surface area contributed by atoms with Crippen LogP contribution in [0.5, 0.6) is 0 Å². The molecule has 0 spiro atoms. The summed E-state index contributed by atoms with van der Waals surface area (Å²) in [5.74, 6) is -1.17. The Kier molecular flexibility index (Phi) is 4.04. The van der Waals surface area contributed by atoms with Crippen LogP contribution in [-0.2, 0) is 11.0 Å². The summed E-state index contributed by atoms with van der Waals surface area (Å²) in [5, 5.41) is 12.9. The molecule has 114 valence electrons. The molecule has 0 bridgehead atoms. The summed E-state index contributed by atoms with van der Waals surface area (Å²) >= 11 is 0. The predicted octanol–water partition coefficient (Wildman–Crippen LogP) is 0.161. The second kappa shape index (κ2) is 5.61. The molecule has 1 fully saturated rings. The predicted molar refractivity (Wildman–Crippen MR) is 63.6 cm³/mol. The molecule has 2 atom stereocenters. The van der Waals surface area contributed by atoms with Crippen LogP contribution in [0.1, 0.15) is 5.56 Å². The molecule has 21 heavy (non-hydrogen) atoms. The second-order valence-electron chi connectivity index (χ2n) is 4.27. The van der Waals surface area contributed by atoms with E-state index < -0.39 is 34.7 Å². The van der Waals surface area contributed by atoms with E-state index in [1.165, 1.54) is 0 Å². The average Bonchev–Trinajstić information content (AvgIpc) is 2.87. The highest BCUT2D eigenvalue weighted by Crippen LogP contribution is 2.29. The third-order valence-electron chi connectivity index (χ3n) is 2.85. The number of alkyl halides is 3. The maximum Gasteiger partial charge on any atom is 0.416 e. The molecule has 1 aliphatic heterocycles. The Labute approximate surface area is 115 Å². The van der Waals surface area contributed by atoms with E-state index in [0.717, 1.165) is 12.3 Å². The standard InChI is InChI=1S/C10H10F3N5O3/c11-10(12,13)5-1-2-14-7(3-5)16-9(19)8-6(18(20)21)4-15-17-8/h1-3,6,8,15,17H,4H2,(H,14,16,19). The van der Waals surface area contributed by atoms with Gasteiger partial charge >= 0.3 is 6.18 Å². The minimum atomic E-state index is -4.57. The minimum Gasteiger partial charge on any atom is -0.309 e. The molecule has 1 aromatic rings. The van der Waals surface area contributed by atoms with Crippen molar-refractivity contribution in [2.24, 2.45) is 0 Å². The molecule has 1 saturated heterocycles. The molecule has 2 rings (SSSR count). The molecule has 2 unspecified atom stereocenters. The van der Waals surface area contributed by atoms with Crippen molar-refractivity contribution in [3.05, 3.63) is 34.0 Å². The number of carbonyl (C=O) groups excluding carboxylic acids is 1. The summed E-state index contributed by atoms with van der Waals surface area (Å²) in [4.78, 5) is 25.5. The quantitative estimate of drug-likeness (QED) is 0.542. The average molecular weight is 305 g/mol. The zero-order chi connectivity index (χ0) is 15.6. The third-order valence-corrected chi connectivity index (χ3v) is 2.85. The van der Waals surface area contributed by atoms with Crippen molar-refractivity contribution in [1.29, 1.82) is 0 Å². The third kappa shape index (κ3) is 3.44. The Morgan fingerprint density at radius 1 is 1.52 bits per heavy atom. The number of nitrogens with zero attached hydrogens (tertiary/aromatic N) is 2. The van der Waals surface area contributed by atoms with E-state index in [0.29, 0.717) is 6.07 Å². The fourth-order valence-corrected chi connectivity index (χ4v) is 1.80. The molecule has 1 aliphatic rings. The van der Waals surface area contributed by atoms with Crippen molar-refractivity contribution in [1.82, 2.24) is 15.8 Å². The molecule has 3 N–H and O–H groups in total.